The van der Waals surface area contributed by atoms with Gasteiger partial charge in [-0.15, -0.1) is 0 Å². The summed E-state index contributed by atoms with van der Waals surface area (Å²) in [5, 5.41) is 8.92. The van der Waals surface area contributed by atoms with Crippen molar-refractivity contribution in [3.63, 3.8) is 0 Å². The number of carboxylic acids is 1. The number of benzene rings is 1. The van der Waals surface area contributed by atoms with Crippen LogP contribution in [-0.4, -0.2) is 31.3 Å². The minimum Gasteiger partial charge on any atom is -0.495 e. The molecule has 17 heavy (non-hydrogen) atoms. The Morgan fingerprint density at radius 3 is 2.71 bits per heavy atom. The summed E-state index contributed by atoms with van der Waals surface area (Å²) in [6, 6.07) is 5.78. The van der Waals surface area contributed by atoms with Crippen LogP contribution in [0.4, 0.5) is 5.69 Å². The monoisotopic (exact) mass is 237 g/mol. The summed E-state index contributed by atoms with van der Waals surface area (Å²) in [7, 11) is 1.60. The average Bonchev–Trinajstić information content (AvgIpc) is 2.28. The number of carbonyl (C=O) groups is 1. The van der Waals surface area contributed by atoms with Gasteiger partial charge >= 0.3 is 5.97 Å². The van der Waals surface area contributed by atoms with Crippen LogP contribution in [-0.2, 0) is 4.79 Å². The predicted molar refractivity (Wildman–Crippen MR) is 67.9 cm³/mol. The van der Waals surface area contributed by atoms with E-state index in [1.807, 2.05) is 36.9 Å². The molecule has 0 saturated carbocycles. The second-order valence-corrected chi connectivity index (χ2v) is 3.99. The van der Waals surface area contributed by atoms with E-state index in [-0.39, 0.29) is 6.54 Å². The molecule has 0 aliphatic heterocycles. The summed E-state index contributed by atoms with van der Waals surface area (Å²) < 4.78 is 5.27. The number of aryl methyl sites for hydroxylation is 1. The minimum absolute atomic E-state index is 0.00630. The van der Waals surface area contributed by atoms with Gasteiger partial charge in [-0.25, -0.2) is 0 Å². The topological polar surface area (TPSA) is 49.8 Å². The number of ether oxygens (including phenoxy) is 1. The molecule has 1 rings (SSSR count). The lowest BCUT2D eigenvalue weighted by molar-refractivity contribution is -0.135. The molecule has 1 aromatic rings. The van der Waals surface area contributed by atoms with Crippen molar-refractivity contribution in [1.29, 1.82) is 0 Å². The Balaban J connectivity index is 3.06. The van der Waals surface area contributed by atoms with Crippen molar-refractivity contribution in [3.05, 3.63) is 23.8 Å². The van der Waals surface area contributed by atoms with Crippen LogP contribution in [0.1, 0.15) is 18.9 Å². The Morgan fingerprint density at radius 1 is 1.47 bits per heavy atom. The van der Waals surface area contributed by atoms with Gasteiger partial charge in [-0.1, -0.05) is 13.0 Å². The van der Waals surface area contributed by atoms with Crippen molar-refractivity contribution in [2.45, 2.75) is 20.3 Å². The Morgan fingerprint density at radius 2 is 2.18 bits per heavy atom. The maximum Gasteiger partial charge on any atom is 0.323 e. The molecule has 0 amide bonds. The molecule has 0 radical (unpaired) electrons. The highest BCUT2D eigenvalue weighted by Crippen LogP contribution is 2.29. The number of aliphatic carboxylic acids is 1. The zero-order valence-corrected chi connectivity index (χ0v) is 10.6. The first-order valence-electron chi connectivity index (χ1n) is 5.69. The van der Waals surface area contributed by atoms with Crippen molar-refractivity contribution >= 4 is 11.7 Å². The summed E-state index contributed by atoms with van der Waals surface area (Å²) in [5.41, 5.74) is 1.93. The van der Waals surface area contributed by atoms with E-state index in [0.29, 0.717) is 12.3 Å². The third-order valence-corrected chi connectivity index (χ3v) is 2.49. The highest BCUT2D eigenvalue weighted by molar-refractivity contribution is 5.75. The molecule has 1 aromatic carbocycles. The molecule has 0 saturated heterocycles. The average molecular weight is 237 g/mol. The van der Waals surface area contributed by atoms with Gasteiger partial charge in [-0.2, -0.15) is 0 Å². The van der Waals surface area contributed by atoms with Crippen LogP contribution in [0.2, 0.25) is 0 Å². The third-order valence-electron chi connectivity index (χ3n) is 2.49. The summed E-state index contributed by atoms with van der Waals surface area (Å²) in [6.45, 7) is 4.70. The molecule has 4 heteroatoms. The molecule has 0 aromatic heterocycles. The van der Waals surface area contributed by atoms with Gasteiger partial charge in [0.25, 0.3) is 0 Å². The van der Waals surface area contributed by atoms with Crippen molar-refractivity contribution in [2.24, 2.45) is 0 Å². The first-order chi connectivity index (χ1) is 8.08. The first-order valence-corrected chi connectivity index (χ1v) is 5.69. The van der Waals surface area contributed by atoms with Gasteiger partial charge in [0, 0.05) is 6.54 Å². The molecule has 0 bridgehead atoms. The molecule has 94 valence electrons. The SMILES string of the molecule is CCCN(CC(=O)O)c1cc(C)ccc1OC. The van der Waals surface area contributed by atoms with E-state index in [2.05, 4.69) is 0 Å². The van der Waals surface area contributed by atoms with Gasteiger partial charge < -0.3 is 14.7 Å². The molecule has 0 fully saturated rings. The molecule has 0 aliphatic rings. The van der Waals surface area contributed by atoms with Gasteiger partial charge in [0.2, 0.25) is 0 Å². The maximum absolute atomic E-state index is 10.9. The summed E-state index contributed by atoms with van der Waals surface area (Å²) in [5.74, 6) is -0.118. The van der Waals surface area contributed by atoms with Gasteiger partial charge in [0.1, 0.15) is 12.3 Å². The van der Waals surface area contributed by atoms with Crippen molar-refractivity contribution < 1.29 is 14.6 Å². The fraction of sp³-hybridized carbons (Fsp3) is 0.462. The van der Waals surface area contributed by atoms with Crippen molar-refractivity contribution in [1.82, 2.24) is 0 Å². The first kappa shape index (κ1) is 13.4. The normalized spacial score (nSPS) is 10.1. The lowest BCUT2D eigenvalue weighted by Crippen LogP contribution is -2.30. The largest absolute Gasteiger partial charge is 0.495 e. The molecule has 0 aliphatic carbocycles. The van der Waals surface area contributed by atoms with E-state index in [9.17, 15) is 4.79 Å². The van der Waals surface area contributed by atoms with E-state index >= 15 is 0 Å². The fourth-order valence-electron chi connectivity index (χ4n) is 1.77. The molecular weight excluding hydrogens is 218 g/mol. The van der Waals surface area contributed by atoms with Crippen LogP contribution < -0.4 is 9.64 Å². The quantitative estimate of drug-likeness (QED) is 0.824. The standard InChI is InChI=1S/C13H19NO3/c1-4-7-14(9-13(15)16)11-8-10(2)5-6-12(11)17-3/h5-6,8H,4,7,9H2,1-3H3,(H,15,16). The number of nitrogens with zero attached hydrogens (tertiary/aromatic N) is 1. The highest BCUT2D eigenvalue weighted by atomic mass is 16.5. The second-order valence-electron chi connectivity index (χ2n) is 3.99. The fourth-order valence-corrected chi connectivity index (χ4v) is 1.77. The van der Waals surface area contributed by atoms with Crippen LogP contribution in [0.15, 0.2) is 18.2 Å². The van der Waals surface area contributed by atoms with E-state index < -0.39 is 5.97 Å². The van der Waals surface area contributed by atoms with E-state index in [0.717, 1.165) is 17.7 Å². The smallest absolute Gasteiger partial charge is 0.323 e. The summed E-state index contributed by atoms with van der Waals surface area (Å²) in [4.78, 5) is 12.7. The number of carboxylic acid groups (broad SMARTS) is 1. The van der Waals surface area contributed by atoms with E-state index in [1.54, 1.807) is 7.11 Å². The molecule has 0 atom stereocenters. The molecule has 0 spiro atoms. The third kappa shape index (κ3) is 3.66. The summed E-state index contributed by atoms with van der Waals surface area (Å²) >= 11 is 0. The van der Waals surface area contributed by atoms with Crippen LogP contribution >= 0.6 is 0 Å². The van der Waals surface area contributed by atoms with Gasteiger partial charge in [-0.05, 0) is 31.0 Å². The van der Waals surface area contributed by atoms with Crippen LogP contribution in [0.25, 0.3) is 0 Å². The number of hydrogen-bond acceptors (Lipinski definition) is 3. The Kier molecular flexibility index (Phi) is 4.82. The Hall–Kier alpha value is -1.71. The Labute approximate surface area is 102 Å². The zero-order chi connectivity index (χ0) is 12.8. The summed E-state index contributed by atoms with van der Waals surface area (Å²) in [6.07, 6.45) is 0.893. The number of hydrogen-bond donors (Lipinski definition) is 1. The van der Waals surface area contributed by atoms with Gasteiger partial charge in [-0.3, -0.25) is 4.79 Å². The maximum atomic E-state index is 10.9. The molecule has 0 heterocycles. The van der Waals surface area contributed by atoms with Gasteiger partial charge in [0.15, 0.2) is 0 Å². The number of methoxy groups -OCH3 is 1. The zero-order valence-electron chi connectivity index (χ0n) is 10.6. The molecule has 4 nitrogen and oxygen atoms in total. The minimum atomic E-state index is -0.831. The highest BCUT2D eigenvalue weighted by Gasteiger charge is 2.14. The van der Waals surface area contributed by atoms with E-state index in [1.165, 1.54) is 0 Å². The molecule has 0 unspecified atom stereocenters. The van der Waals surface area contributed by atoms with Crippen LogP contribution in [0.5, 0.6) is 5.75 Å². The van der Waals surface area contributed by atoms with Crippen LogP contribution in [0.3, 0.4) is 0 Å². The molecular formula is C13H19NO3. The van der Waals surface area contributed by atoms with Gasteiger partial charge in [0.05, 0.1) is 12.8 Å². The number of anilines is 1. The second kappa shape index (κ2) is 6.13. The lowest BCUT2D eigenvalue weighted by Gasteiger charge is -2.24. The lowest BCUT2D eigenvalue weighted by atomic mass is 10.2. The molecule has 1 N–H and O–H groups in total. The van der Waals surface area contributed by atoms with Crippen molar-refractivity contribution in [2.75, 3.05) is 25.1 Å². The predicted octanol–water partition coefficient (Wildman–Crippen LogP) is 2.30. The van der Waals surface area contributed by atoms with Crippen LogP contribution in [0, 0.1) is 6.92 Å². The number of rotatable bonds is 6. The van der Waals surface area contributed by atoms with Crippen molar-refractivity contribution in [3.8, 4) is 5.75 Å². The van der Waals surface area contributed by atoms with E-state index in [4.69, 9.17) is 9.84 Å². The Bertz CT molecular complexity index is 390.